The van der Waals surface area contributed by atoms with Gasteiger partial charge in [-0.1, -0.05) is 6.07 Å². The number of imidazole rings is 1. The Kier molecular flexibility index (Phi) is 3.82. The van der Waals surface area contributed by atoms with Crippen LogP contribution in [0.1, 0.15) is 5.56 Å². The molecule has 0 aliphatic rings. The molecule has 6 nitrogen and oxygen atoms in total. The first-order chi connectivity index (χ1) is 9.02. The Labute approximate surface area is 111 Å². The Morgan fingerprint density at radius 2 is 2.32 bits per heavy atom. The van der Waals surface area contributed by atoms with E-state index < -0.39 is 6.04 Å². The van der Waals surface area contributed by atoms with Gasteiger partial charge in [-0.3, -0.25) is 4.79 Å². The Morgan fingerprint density at radius 3 is 3.00 bits per heavy atom. The molecule has 0 saturated heterocycles. The lowest BCUT2D eigenvalue weighted by molar-refractivity contribution is -0.132. The van der Waals surface area contributed by atoms with Gasteiger partial charge < -0.3 is 20.3 Å². The summed E-state index contributed by atoms with van der Waals surface area (Å²) in [5.41, 5.74) is 8.43. The lowest BCUT2D eigenvalue weighted by atomic mass is 10.1. The fourth-order valence-electron chi connectivity index (χ4n) is 1.99. The van der Waals surface area contributed by atoms with E-state index in [4.69, 9.17) is 10.8 Å². The van der Waals surface area contributed by atoms with Crippen LogP contribution < -0.4 is 5.73 Å². The summed E-state index contributed by atoms with van der Waals surface area (Å²) in [7, 11) is 3.60. The van der Waals surface area contributed by atoms with Crippen molar-refractivity contribution in [2.75, 3.05) is 13.7 Å². The van der Waals surface area contributed by atoms with Crippen LogP contribution in [0.3, 0.4) is 0 Å². The van der Waals surface area contributed by atoms with Crippen LogP contribution in [0.15, 0.2) is 24.5 Å². The third-order valence-electron chi connectivity index (χ3n) is 3.10. The van der Waals surface area contributed by atoms with Crippen molar-refractivity contribution in [2.45, 2.75) is 12.6 Å². The Balaban J connectivity index is 2.15. The van der Waals surface area contributed by atoms with Gasteiger partial charge in [0.2, 0.25) is 5.91 Å². The van der Waals surface area contributed by atoms with Crippen LogP contribution in [0.2, 0.25) is 0 Å². The topological polar surface area (TPSA) is 84.4 Å². The Hall–Kier alpha value is -1.92. The molecule has 1 unspecified atom stereocenters. The maximum Gasteiger partial charge on any atom is 0.241 e. The number of hydrogen-bond donors (Lipinski definition) is 2. The Bertz CT molecular complexity index is 593. The van der Waals surface area contributed by atoms with Gasteiger partial charge in [0.05, 0.1) is 24.0 Å². The first kappa shape index (κ1) is 13.5. The summed E-state index contributed by atoms with van der Waals surface area (Å²) in [6.07, 6.45) is 1.75. The molecule has 1 heterocycles. The quantitative estimate of drug-likeness (QED) is 0.802. The highest BCUT2D eigenvalue weighted by Crippen LogP contribution is 2.15. The lowest BCUT2D eigenvalue weighted by Crippen LogP contribution is -2.43. The maximum atomic E-state index is 11.8. The second-order valence-corrected chi connectivity index (χ2v) is 4.66. The summed E-state index contributed by atoms with van der Waals surface area (Å²) in [6, 6.07) is 5.02. The number of nitrogens with zero attached hydrogens (tertiary/aromatic N) is 3. The number of nitrogens with two attached hydrogens (primary N) is 1. The van der Waals surface area contributed by atoms with E-state index in [1.54, 1.807) is 13.4 Å². The van der Waals surface area contributed by atoms with Crippen molar-refractivity contribution in [3.8, 4) is 0 Å². The van der Waals surface area contributed by atoms with E-state index in [0.717, 1.165) is 16.6 Å². The lowest BCUT2D eigenvalue weighted by Gasteiger charge is -2.20. The van der Waals surface area contributed by atoms with E-state index in [9.17, 15) is 4.79 Å². The first-order valence-corrected chi connectivity index (χ1v) is 6.04. The van der Waals surface area contributed by atoms with Gasteiger partial charge in [0.15, 0.2) is 0 Å². The van der Waals surface area contributed by atoms with Crippen LogP contribution >= 0.6 is 0 Å². The molecule has 1 aromatic heterocycles. The SMILES string of the molecule is CN(Cc1ccc2c(c1)ncn2C)C(=O)C(N)CO. The monoisotopic (exact) mass is 262 g/mol. The van der Waals surface area contributed by atoms with Gasteiger partial charge in [0.25, 0.3) is 0 Å². The fraction of sp³-hybridized carbons (Fsp3) is 0.385. The zero-order valence-corrected chi connectivity index (χ0v) is 11.1. The number of aliphatic hydroxyl groups is 1. The second kappa shape index (κ2) is 5.38. The molecule has 1 aromatic carbocycles. The average Bonchev–Trinajstić information content (AvgIpc) is 2.78. The van der Waals surface area contributed by atoms with Gasteiger partial charge in [-0.25, -0.2) is 4.98 Å². The zero-order chi connectivity index (χ0) is 14.0. The third kappa shape index (κ3) is 2.74. The number of amides is 1. The number of carbonyl (C=O) groups excluding carboxylic acids is 1. The molecule has 19 heavy (non-hydrogen) atoms. The third-order valence-corrected chi connectivity index (χ3v) is 3.10. The van der Waals surface area contributed by atoms with E-state index in [1.807, 2.05) is 29.8 Å². The van der Waals surface area contributed by atoms with Crippen molar-refractivity contribution in [2.24, 2.45) is 12.8 Å². The van der Waals surface area contributed by atoms with Crippen LogP contribution in [-0.2, 0) is 18.4 Å². The van der Waals surface area contributed by atoms with Gasteiger partial charge in [-0.05, 0) is 17.7 Å². The molecule has 0 spiro atoms. The largest absolute Gasteiger partial charge is 0.394 e. The van der Waals surface area contributed by atoms with Crippen molar-refractivity contribution in [1.29, 1.82) is 0 Å². The molecule has 1 amide bonds. The highest BCUT2D eigenvalue weighted by atomic mass is 16.3. The summed E-state index contributed by atoms with van der Waals surface area (Å²) in [5, 5.41) is 8.88. The van der Waals surface area contributed by atoms with Crippen LogP contribution in [0.25, 0.3) is 11.0 Å². The molecule has 0 aliphatic heterocycles. The van der Waals surface area contributed by atoms with Crippen LogP contribution in [-0.4, -0.2) is 45.2 Å². The van der Waals surface area contributed by atoms with Gasteiger partial charge in [0.1, 0.15) is 6.04 Å². The predicted octanol–water partition coefficient (Wildman–Crippen LogP) is -0.149. The number of aliphatic hydroxyl groups excluding tert-OH is 1. The summed E-state index contributed by atoms with van der Waals surface area (Å²) in [5.74, 6) is -0.274. The summed E-state index contributed by atoms with van der Waals surface area (Å²) < 4.78 is 1.94. The van der Waals surface area contributed by atoms with Crippen molar-refractivity contribution in [3.63, 3.8) is 0 Å². The number of fused-ring (bicyclic) bond motifs is 1. The van der Waals surface area contributed by atoms with E-state index in [-0.39, 0.29) is 12.5 Å². The molecule has 2 rings (SSSR count). The van der Waals surface area contributed by atoms with Crippen LogP contribution in [0, 0.1) is 0 Å². The average molecular weight is 262 g/mol. The number of hydrogen-bond acceptors (Lipinski definition) is 4. The number of likely N-dealkylation sites (N-methyl/N-ethyl adjacent to an activating group) is 1. The molecule has 3 N–H and O–H groups in total. The molecule has 0 bridgehead atoms. The normalized spacial score (nSPS) is 12.6. The highest BCUT2D eigenvalue weighted by Gasteiger charge is 2.17. The fourth-order valence-corrected chi connectivity index (χ4v) is 1.99. The van der Waals surface area contributed by atoms with Crippen molar-refractivity contribution >= 4 is 16.9 Å². The van der Waals surface area contributed by atoms with Crippen molar-refractivity contribution < 1.29 is 9.90 Å². The molecule has 0 aliphatic carbocycles. The van der Waals surface area contributed by atoms with Crippen LogP contribution in [0.5, 0.6) is 0 Å². The molecular weight excluding hydrogens is 244 g/mol. The van der Waals surface area contributed by atoms with Gasteiger partial charge >= 0.3 is 0 Å². The standard InChI is InChI=1S/C13H18N4O2/c1-16(13(19)10(14)7-18)6-9-3-4-12-11(5-9)15-8-17(12)2/h3-5,8,10,18H,6-7,14H2,1-2H3. The minimum absolute atomic E-state index is 0.274. The highest BCUT2D eigenvalue weighted by molar-refractivity contribution is 5.81. The maximum absolute atomic E-state index is 11.8. The minimum Gasteiger partial charge on any atom is -0.394 e. The number of carbonyl (C=O) groups is 1. The first-order valence-electron chi connectivity index (χ1n) is 6.04. The number of rotatable bonds is 4. The van der Waals surface area contributed by atoms with Gasteiger partial charge in [-0.15, -0.1) is 0 Å². The van der Waals surface area contributed by atoms with Crippen molar-refractivity contribution in [3.05, 3.63) is 30.1 Å². The zero-order valence-electron chi connectivity index (χ0n) is 11.1. The predicted molar refractivity (Wildman–Crippen MR) is 72.2 cm³/mol. The molecule has 102 valence electrons. The molecule has 1 atom stereocenters. The van der Waals surface area contributed by atoms with Gasteiger partial charge in [0, 0.05) is 20.6 Å². The molecule has 6 heteroatoms. The smallest absolute Gasteiger partial charge is 0.241 e. The Morgan fingerprint density at radius 1 is 1.58 bits per heavy atom. The molecule has 0 radical (unpaired) electrons. The second-order valence-electron chi connectivity index (χ2n) is 4.66. The summed E-state index contributed by atoms with van der Waals surface area (Å²) in [4.78, 5) is 17.5. The molecule has 0 saturated carbocycles. The summed E-state index contributed by atoms with van der Waals surface area (Å²) in [6.45, 7) is 0.0987. The van der Waals surface area contributed by atoms with E-state index in [2.05, 4.69) is 4.98 Å². The number of aryl methyl sites for hydroxylation is 1. The minimum atomic E-state index is -0.858. The number of aromatic nitrogens is 2. The molecule has 0 fully saturated rings. The van der Waals surface area contributed by atoms with Crippen molar-refractivity contribution in [1.82, 2.24) is 14.5 Å². The number of benzene rings is 1. The van der Waals surface area contributed by atoms with E-state index in [0.29, 0.717) is 6.54 Å². The molecule has 2 aromatic rings. The van der Waals surface area contributed by atoms with E-state index >= 15 is 0 Å². The molecular formula is C13H18N4O2. The van der Waals surface area contributed by atoms with Gasteiger partial charge in [-0.2, -0.15) is 0 Å². The summed E-state index contributed by atoms with van der Waals surface area (Å²) >= 11 is 0. The van der Waals surface area contributed by atoms with E-state index in [1.165, 1.54) is 4.90 Å². The van der Waals surface area contributed by atoms with Crippen LogP contribution in [0.4, 0.5) is 0 Å².